The van der Waals surface area contributed by atoms with Gasteiger partial charge in [0.2, 0.25) is 0 Å². The van der Waals surface area contributed by atoms with E-state index >= 15 is 0 Å². The van der Waals surface area contributed by atoms with Crippen molar-refractivity contribution in [1.82, 2.24) is 0 Å². The van der Waals surface area contributed by atoms with Gasteiger partial charge in [-0.2, -0.15) is 0 Å². The van der Waals surface area contributed by atoms with Gasteiger partial charge < -0.3 is 10.6 Å². The maximum atomic E-state index is 13.7. The van der Waals surface area contributed by atoms with E-state index in [0.29, 0.717) is 11.4 Å². The van der Waals surface area contributed by atoms with Crippen LogP contribution >= 0.6 is 11.6 Å². The molecule has 0 bridgehead atoms. The van der Waals surface area contributed by atoms with E-state index in [1.165, 1.54) is 23.3 Å². The summed E-state index contributed by atoms with van der Waals surface area (Å²) in [6, 6.07) is 9.24. The van der Waals surface area contributed by atoms with Crippen molar-refractivity contribution in [3.63, 3.8) is 0 Å². The molecule has 4 heteroatoms. The lowest BCUT2D eigenvalue weighted by Crippen LogP contribution is -2.25. The molecule has 0 saturated heterocycles. The van der Waals surface area contributed by atoms with Crippen molar-refractivity contribution in [2.75, 3.05) is 17.2 Å². The molecule has 1 aliphatic rings. The van der Waals surface area contributed by atoms with Crippen molar-refractivity contribution >= 4 is 28.7 Å². The van der Waals surface area contributed by atoms with Gasteiger partial charge in [-0.1, -0.05) is 29.3 Å². The van der Waals surface area contributed by atoms with Crippen LogP contribution in [0.25, 0.3) is 0 Å². The zero-order chi connectivity index (χ0) is 14.3. The molecule has 104 valence electrons. The molecule has 0 saturated carbocycles. The predicted octanol–water partition coefficient (Wildman–Crippen LogP) is 4.45. The first-order valence-electron chi connectivity index (χ1n) is 6.68. The van der Waals surface area contributed by atoms with Crippen molar-refractivity contribution in [3.8, 4) is 0 Å². The summed E-state index contributed by atoms with van der Waals surface area (Å²) < 4.78 is 13.7. The Bertz CT molecular complexity index is 670. The Morgan fingerprint density at radius 3 is 2.80 bits per heavy atom. The minimum atomic E-state index is -0.435. The highest BCUT2D eigenvalue weighted by Crippen LogP contribution is 2.38. The fourth-order valence-electron chi connectivity index (χ4n) is 2.76. The Balaban J connectivity index is 2.11. The third-order valence-corrected chi connectivity index (χ3v) is 4.00. The van der Waals surface area contributed by atoms with E-state index in [9.17, 15) is 4.39 Å². The zero-order valence-electron chi connectivity index (χ0n) is 11.3. The van der Waals surface area contributed by atoms with E-state index in [1.54, 1.807) is 0 Å². The molecule has 0 amide bonds. The molecule has 0 atom stereocenters. The van der Waals surface area contributed by atoms with Crippen LogP contribution < -0.4 is 10.6 Å². The SMILES string of the molecule is Cc1ccc2c(c1)CCCN2c1cc(F)c(Cl)cc1N. The van der Waals surface area contributed by atoms with E-state index < -0.39 is 5.82 Å². The van der Waals surface area contributed by atoms with Crippen LogP contribution in [-0.4, -0.2) is 6.54 Å². The number of nitrogen functional groups attached to an aromatic ring is 1. The molecule has 0 unspecified atom stereocenters. The lowest BCUT2D eigenvalue weighted by Gasteiger charge is -2.32. The van der Waals surface area contributed by atoms with Crippen molar-refractivity contribution in [2.24, 2.45) is 0 Å². The van der Waals surface area contributed by atoms with Crippen LogP contribution in [0.5, 0.6) is 0 Å². The molecule has 20 heavy (non-hydrogen) atoms. The summed E-state index contributed by atoms with van der Waals surface area (Å²) in [5.74, 6) is -0.435. The first kappa shape index (κ1) is 13.3. The topological polar surface area (TPSA) is 29.3 Å². The lowest BCUT2D eigenvalue weighted by atomic mass is 9.99. The van der Waals surface area contributed by atoms with Gasteiger partial charge >= 0.3 is 0 Å². The maximum Gasteiger partial charge on any atom is 0.144 e. The third kappa shape index (κ3) is 2.22. The smallest absolute Gasteiger partial charge is 0.144 e. The molecule has 0 radical (unpaired) electrons. The highest BCUT2D eigenvalue weighted by molar-refractivity contribution is 6.31. The maximum absolute atomic E-state index is 13.7. The van der Waals surface area contributed by atoms with E-state index in [0.717, 1.165) is 25.1 Å². The number of rotatable bonds is 1. The van der Waals surface area contributed by atoms with Crippen molar-refractivity contribution in [1.29, 1.82) is 0 Å². The molecule has 2 aromatic rings. The lowest BCUT2D eigenvalue weighted by molar-refractivity contribution is 0.627. The molecule has 0 spiro atoms. The Labute approximate surface area is 123 Å². The number of halogens is 2. The first-order chi connectivity index (χ1) is 9.56. The average molecular weight is 291 g/mol. The normalized spacial score (nSPS) is 14.2. The van der Waals surface area contributed by atoms with Crippen LogP contribution in [0.1, 0.15) is 17.5 Å². The van der Waals surface area contributed by atoms with Gasteiger partial charge in [0.25, 0.3) is 0 Å². The van der Waals surface area contributed by atoms with Crippen LogP contribution in [0.15, 0.2) is 30.3 Å². The highest BCUT2D eigenvalue weighted by Gasteiger charge is 2.21. The summed E-state index contributed by atoms with van der Waals surface area (Å²) in [6.07, 6.45) is 2.07. The van der Waals surface area contributed by atoms with Gasteiger partial charge in [-0.15, -0.1) is 0 Å². The summed E-state index contributed by atoms with van der Waals surface area (Å²) in [7, 11) is 0. The minimum absolute atomic E-state index is 0.0624. The molecule has 1 heterocycles. The van der Waals surface area contributed by atoms with Crippen LogP contribution in [0.3, 0.4) is 0 Å². The highest BCUT2D eigenvalue weighted by atomic mass is 35.5. The minimum Gasteiger partial charge on any atom is -0.397 e. The molecule has 0 fully saturated rings. The van der Waals surface area contributed by atoms with Crippen molar-refractivity contribution < 1.29 is 4.39 Å². The van der Waals surface area contributed by atoms with Crippen LogP contribution in [-0.2, 0) is 6.42 Å². The summed E-state index contributed by atoms with van der Waals surface area (Å²) in [4.78, 5) is 2.08. The Morgan fingerprint density at radius 1 is 1.20 bits per heavy atom. The van der Waals surface area contributed by atoms with Crippen LogP contribution in [0.2, 0.25) is 5.02 Å². The molecule has 3 rings (SSSR count). The number of hydrogen-bond acceptors (Lipinski definition) is 2. The second kappa shape index (κ2) is 4.98. The van der Waals surface area contributed by atoms with E-state index in [-0.39, 0.29) is 5.02 Å². The quantitative estimate of drug-likeness (QED) is 0.786. The molecule has 0 aromatic heterocycles. The van der Waals surface area contributed by atoms with Crippen LogP contribution in [0.4, 0.5) is 21.5 Å². The fraction of sp³-hybridized carbons (Fsp3) is 0.250. The van der Waals surface area contributed by atoms with Gasteiger partial charge in [0.15, 0.2) is 0 Å². The molecule has 2 N–H and O–H groups in total. The van der Waals surface area contributed by atoms with E-state index in [1.807, 2.05) is 0 Å². The molecule has 2 nitrogen and oxygen atoms in total. The first-order valence-corrected chi connectivity index (χ1v) is 7.05. The number of nitrogens with two attached hydrogens (primary N) is 1. The number of benzene rings is 2. The van der Waals surface area contributed by atoms with Crippen molar-refractivity contribution in [2.45, 2.75) is 19.8 Å². The second-order valence-electron chi connectivity index (χ2n) is 5.21. The van der Waals surface area contributed by atoms with E-state index in [4.69, 9.17) is 17.3 Å². The number of nitrogens with zero attached hydrogens (tertiary/aromatic N) is 1. The summed E-state index contributed by atoms with van der Waals surface area (Å²) in [6.45, 7) is 2.91. The molecular weight excluding hydrogens is 275 g/mol. The van der Waals surface area contributed by atoms with Gasteiger partial charge in [-0.3, -0.25) is 0 Å². The number of aryl methyl sites for hydroxylation is 2. The Hall–Kier alpha value is -1.74. The summed E-state index contributed by atoms with van der Waals surface area (Å²) >= 11 is 5.77. The van der Waals surface area contributed by atoms with E-state index in [2.05, 4.69) is 30.0 Å². The summed E-state index contributed by atoms with van der Waals surface area (Å²) in [5.41, 5.74) is 10.8. The third-order valence-electron chi connectivity index (χ3n) is 3.71. The molecular formula is C16H16ClFN2. The molecule has 1 aliphatic heterocycles. The summed E-state index contributed by atoms with van der Waals surface area (Å²) in [5, 5.41) is 0.0624. The predicted molar refractivity (Wildman–Crippen MR) is 82.3 cm³/mol. The number of hydrogen-bond donors (Lipinski definition) is 1. The monoisotopic (exact) mass is 290 g/mol. The molecule has 2 aromatic carbocycles. The van der Waals surface area contributed by atoms with Gasteiger partial charge in [0, 0.05) is 18.3 Å². The van der Waals surface area contributed by atoms with Crippen molar-refractivity contribution in [3.05, 3.63) is 52.3 Å². The average Bonchev–Trinajstić information content (AvgIpc) is 2.42. The Morgan fingerprint density at radius 2 is 2.00 bits per heavy atom. The fourth-order valence-corrected chi connectivity index (χ4v) is 2.93. The van der Waals surface area contributed by atoms with Gasteiger partial charge in [0.05, 0.1) is 16.4 Å². The van der Waals surface area contributed by atoms with Crippen LogP contribution in [0, 0.1) is 12.7 Å². The standard InChI is InChI=1S/C16H16ClFN2/c1-10-4-5-15-11(7-10)3-2-6-20(15)16-9-13(18)12(17)8-14(16)19/h4-5,7-9H,2-3,6,19H2,1H3. The van der Waals surface area contributed by atoms with Gasteiger partial charge in [-0.25, -0.2) is 4.39 Å². The largest absolute Gasteiger partial charge is 0.397 e. The second-order valence-corrected chi connectivity index (χ2v) is 5.62. The van der Waals surface area contributed by atoms with Gasteiger partial charge in [-0.05, 0) is 37.5 Å². The Kier molecular flexibility index (Phi) is 3.30. The molecule has 0 aliphatic carbocycles. The number of fused-ring (bicyclic) bond motifs is 1. The number of anilines is 3. The van der Waals surface area contributed by atoms with Gasteiger partial charge in [0.1, 0.15) is 5.82 Å². The zero-order valence-corrected chi connectivity index (χ0v) is 12.0.